The minimum atomic E-state index is -2.81. The van der Waals surface area contributed by atoms with Gasteiger partial charge in [-0.15, -0.1) is 0 Å². The molecule has 38 heavy (non-hydrogen) atoms. The van der Waals surface area contributed by atoms with Gasteiger partial charge in [0.15, 0.2) is 23.1 Å². The molecular weight excluding hydrogens is 523 g/mol. The van der Waals surface area contributed by atoms with Crippen molar-refractivity contribution in [2.45, 2.75) is 44.4 Å². The molecule has 4 aliphatic rings. The van der Waals surface area contributed by atoms with Gasteiger partial charge in [-0.1, -0.05) is 11.6 Å². The number of carbonyl (C=O) groups is 1. The minimum Gasteiger partial charge on any atom is -0.481 e. The summed E-state index contributed by atoms with van der Waals surface area (Å²) in [6.07, 6.45) is 5.88. The van der Waals surface area contributed by atoms with Crippen LogP contribution in [0.3, 0.4) is 0 Å². The molecule has 1 saturated heterocycles. The van der Waals surface area contributed by atoms with Crippen molar-refractivity contribution in [2.24, 2.45) is 23.7 Å². The van der Waals surface area contributed by atoms with Crippen LogP contribution in [0, 0.1) is 29.5 Å². The molecular formula is C25H27ClF3N7O2. The van der Waals surface area contributed by atoms with Crippen molar-refractivity contribution >= 4 is 40.4 Å². The third-order valence-corrected chi connectivity index (χ3v) is 8.58. The van der Waals surface area contributed by atoms with Crippen molar-refractivity contribution in [2.75, 3.05) is 29.9 Å². The van der Waals surface area contributed by atoms with Crippen LogP contribution in [0.2, 0.25) is 5.15 Å². The van der Waals surface area contributed by atoms with Gasteiger partial charge in [0, 0.05) is 38.7 Å². The molecule has 3 saturated carbocycles. The first kappa shape index (κ1) is 25.1. The number of halogens is 4. The van der Waals surface area contributed by atoms with Crippen LogP contribution in [0.4, 0.5) is 24.8 Å². The number of nitrogens with one attached hydrogen (secondary N) is 2. The fourth-order valence-corrected chi connectivity index (χ4v) is 6.57. The second kappa shape index (κ2) is 9.55. The molecule has 3 aromatic rings. The van der Waals surface area contributed by atoms with E-state index in [9.17, 15) is 18.7 Å². The van der Waals surface area contributed by atoms with E-state index >= 15 is 4.39 Å². The highest BCUT2D eigenvalue weighted by atomic mass is 35.5. The number of anilines is 2. The minimum absolute atomic E-state index is 0.0627. The lowest BCUT2D eigenvalue weighted by Gasteiger charge is -2.46. The topological polar surface area (TPSA) is 120 Å². The van der Waals surface area contributed by atoms with Gasteiger partial charge in [-0.2, -0.15) is 4.39 Å². The van der Waals surface area contributed by atoms with Gasteiger partial charge < -0.3 is 20.3 Å². The molecule has 2 bridgehead atoms. The highest BCUT2D eigenvalue weighted by Gasteiger charge is 2.47. The molecule has 1 aliphatic heterocycles. The van der Waals surface area contributed by atoms with Gasteiger partial charge >= 0.3 is 5.97 Å². The van der Waals surface area contributed by atoms with Crippen molar-refractivity contribution in [3.63, 3.8) is 0 Å². The lowest BCUT2D eigenvalue weighted by atomic mass is 9.58. The quantitative estimate of drug-likeness (QED) is 0.393. The number of carboxylic acid groups (broad SMARTS) is 1. The van der Waals surface area contributed by atoms with E-state index in [4.69, 9.17) is 11.6 Å². The number of piperidine rings is 1. The number of aromatic amines is 1. The molecule has 13 heteroatoms. The van der Waals surface area contributed by atoms with Crippen LogP contribution in [0.5, 0.6) is 0 Å². The fourth-order valence-electron chi connectivity index (χ4n) is 6.44. The standard InChI is InChI=1S/C25H27ClF3N7O2/c26-16-11-32-22-19(33-16)15(10-31-22)20-34-21(18(27)23(35-20)36-7-5-25(28,29)6-8-36)30-9-14-12-1-3-13(4-2-12)17(14)24(37)38/h10-14,17H,1-9H2,(H,31,32)(H,37,38)(H,30,34,35)/t12?,13?,14?,17-/m0/s1. The Hall–Kier alpha value is -3.15. The Bertz CT molecular complexity index is 1370. The number of alkyl halides is 2. The summed E-state index contributed by atoms with van der Waals surface area (Å²) in [5.74, 6) is -4.72. The van der Waals surface area contributed by atoms with E-state index in [1.54, 1.807) is 6.20 Å². The second-order valence-electron chi connectivity index (χ2n) is 10.6. The van der Waals surface area contributed by atoms with E-state index in [1.165, 1.54) is 11.1 Å². The number of carboxylic acids is 1. The number of fused-ring (bicyclic) bond motifs is 4. The fraction of sp³-hybridized carbons (Fsp3) is 0.560. The van der Waals surface area contributed by atoms with Gasteiger partial charge in [-0.3, -0.25) is 4.79 Å². The maximum absolute atomic E-state index is 15.9. The van der Waals surface area contributed by atoms with Gasteiger partial charge in [0.2, 0.25) is 5.82 Å². The Kier molecular flexibility index (Phi) is 6.32. The third kappa shape index (κ3) is 4.52. The lowest BCUT2D eigenvalue weighted by molar-refractivity contribution is -0.151. The first-order chi connectivity index (χ1) is 18.2. The third-order valence-electron chi connectivity index (χ3n) is 8.40. The van der Waals surface area contributed by atoms with Gasteiger partial charge in [-0.05, 0) is 43.4 Å². The summed E-state index contributed by atoms with van der Waals surface area (Å²) in [6.45, 7) is 0.113. The Labute approximate surface area is 221 Å². The van der Waals surface area contributed by atoms with Crippen molar-refractivity contribution in [3.05, 3.63) is 23.4 Å². The molecule has 9 nitrogen and oxygen atoms in total. The smallest absolute Gasteiger partial charge is 0.307 e. The maximum atomic E-state index is 15.9. The molecule has 3 aliphatic carbocycles. The predicted molar refractivity (Wildman–Crippen MR) is 135 cm³/mol. The number of aromatic nitrogens is 5. The summed E-state index contributed by atoms with van der Waals surface area (Å²) < 4.78 is 43.5. The van der Waals surface area contributed by atoms with Crippen LogP contribution in [-0.4, -0.2) is 61.6 Å². The Balaban J connectivity index is 1.37. The highest BCUT2D eigenvalue weighted by Crippen LogP contribution is 2.49. The number of hydrogen-bond donors (Lipinski definition) is 3. The molecule has 3 aromatic heterocycles. The zero-order valence-corrected chi connectivity index (χ0v) is 21.2. The summed E-state index contributed by atoms with van der Waals surface area (Å²) in [5.41, 5.74) is 1.26. The Morgan fingerprint density at radius 1 is 1.16 bits per heavy atom. The van der Waals surface area contributed by atoms with Gasteiger partial charge in [0.05, 0.1) is 17.7 Å². The van der Waals surface area contributed by atoms with Crippen molar-refractivity contribution < 1.29 is 23.1 Å². The first-order valence-corrected chi connectivity index (χ1v) is 13.2. The van der Waals surface area contributed by atoms with E-state index in [-0.39, 0.29) is 60.0 Å². The van der Waals surface area contributed by atoms with Crippen molar-refractivity contribution in [1.82, 2.24) is 24.9 Å². The molecule has 3 N–H and O–H groups in total. The Morgan fingerprint density at radius 3 is 2.58 bits per heavy atom. The van der Waals surface area contributed by atoms with E-state index in [0.717, 1.165) is 25.7 Å². The summed E-state index contributed by atoms with van der Waals surface area (Å²) >= 11 is 6.05. The van der Waals surface area contributed by atoms with E-state index in [0.29, 0.717) is 16.7 Å². The second-order valence-corrected chi connectivity index (χ2v) is 10.9. The maximum Gasteiger partial charge on any atom is 0.307 e. The molecule has 7 rings (SSSR count). The summed E-state index contributed by atoms with van der Waals surface area (Å²) in [6, 6.07) is 0. The van der Waals surface area contributed by atoms with Crippen molar-refractivity contribution in [3.8, 4) is 11.4 Å². The molecule has 0 radical (unpaired) electrons. The molecule has 2 atom stereocenters. The monoisotopic (exact) mass is 549 g/mol. The average Bonchev–Trinajstić information content (AvgIpc) is 3.31. The number of nitrogens with zero attached hydrogens (tertiary/aromatic N) is 5. The number of aliphatic carboxylic acids is 1. The molecule has 202 valence electrons. The summed E-state index contributed by atoms with van der Waals surface area (Å²) in [5, 5.41) is 13.1. The lowest BCUT2D eigenvalue weighted by Crippen LogP contribution is -2.46. The predicted octanol–water partition coefficient (Wildman–Crippen LogP) is 4.99. The van der Waals surface area contributed by atoms with Crippen LogP contribution in [0.15, 0.2) is 12.4 Å². The zero-order chi connectivity index (χ0) is 26.6. The average molecular weight is 550 g/mol. The molecule has 0 amide bonds. The molecule has 1 unspecified atom stereocenters. The number of H-pyrrole nitrogens is 1. The van der Waals surface area contributed by atoms with Crippen LogP contribution in [0.25, 0.3) is 22.6 Å². The van der Waals surface area contributed by atoms with Crippen LogP contribution < -0.4 is 10.2 Å². The van der Waals surface area contributed by atoms with Crippen molar-refractivity contribution in [1.29, 1.82) is 0 Å². The van der Waals surface area contributed by atoms with E-state index in [2.05, 4.69) is 30.2 Å². The van der Waals surface area contributed by atoms with Gasteiger partial charge in [0.25, 0.3) is 5.92 Å². The van der Waals surface area contributed by atoms with Crippen LogP contribution in [0.1, 0.15) is 38.5 Å². The Morgan fingerprint density at radius 2 is 1.87 bits per heavy atom. The zero-order valence-electron chi connectivity index (χ0n) is 20.4. The molecule has 4 fully saturated rings. The van der Waals surface area contributed by atoms with Crippen LogP contribution in [-0.2, 0) is 4.79 Å². The molecule has 0 aromatic carbocycles. The SMILES string of the molecule is O=C(O)[C@H]1C2CCC(CC2)C1CNc1nc(-c2c[nH]c3ncc(Cl)nc23)nc(N2CCC(F)(F)CC2)c1F. The number of rotatable bonds is 6. The van der Waals surface area contributed by atoms with E-state index < -0.39 is 36.5 Å². The highest BCUT2D eigenvalue weighted by molar-refractivity contribution is 6.29. The first-order valence-electron chi connectivity index (χ1n) is 12.9. The van der Waals surface area contributed by atoms with E-state index in [1.807, 2.05) is 0 Å². The molecule has 0 spiro atoms. The van der Waals surface area contributed by atoms with Gasteiger partial charge in [-0.25, -0.2) is 28.7 Å². The summed E-state index contributed by atoms with van der Waals surface area (Å²) in [4.78, 5) is 33.9. The van der Waals surface area contributed by atoms with Crippen LogP contribution >= 0.6 is 11.6 Å². The molecule has 4 heterocycles. The number of hydrogen-bond acceptors (Lipinski definition) is 7. The largest absolute Gasteiger partial charge is 0.481 e. The summed E-state index contributed by atoms with van der Waals surface area (Å²) in [7, 11) is 0. The van der Waals surface area contributed by atoms with Gasteiger partial charge in [0.1, 0.15) is 10.7 Å². The normalized spacial score (nSPS) is 26.6.